The van der Waals surface area contributed by atoms with Crippen molar-refractivity contribution in [3.8, 4) is 29.9 Å². The van der Waals surface area contributed by atoms with Gasteiger partial charge in [-0.15, -0.1) is 6.42 Å². The highest BCUT2D eigenvalue weighted by Gasteiger charge is 2.39. The number of benzene rings is 1. The summed E-state index contributed by atoms with van der Waals surface area (Å²) in [6, 6.07) is 4.06. The number of amides is 3. The zero-order valence-electron chi connectivity index (χ0n) is 28.2. The summed E-state index contributed by atoms with van der Waals surface area (Å²) in [4.78, 5) is 41.1. The predicted octanol–water partition coefficient (Wildman–Crippen LogP) is 3.68. The van der Waals surface area contributed by atoms with E-state index in [1.54, 1.807) is 0 Å². The van der Waals surface area contributed by atoms with Gasteiger partial charge in [0.1, 0.15) is 17.3 Å². The van der Waals surface area contributed by atoms with Gasteiger partial charge in [0.2, 0.25) is 22.5 Å². The molecule has 5 heterocycles. The Morgan fingerprint density at radius 3 is 2.53 bits per heavy atom. The molecule has 16 nitrogen and oxygen atoms in total. The highest BCUT2D eigenvalue weighted by Crippen LogP contribution is 2.38. The maximum Gasteiger partial charge on any atom is 0.419 e. The number of fused-ring (bicyclic) bond motifs is 2. The third kappa shape index (κ3) is 8.80. The second-order valence-electron chi connectivity index (χ2n) is 11.9. The van der Waals surface area contributed by atoms with Gasteiger partial charge in [-0.3, -0.25) is 15.0 Å². The molecule has 0 bridgehead atoms. The Hall–Kier alpha value is -5.82. The summed E-state index contributed by atoms with van der Waals surface area (Å²) in [5.74, 6) is 2.50. The second-order valence-corrected chi connectivity index (χ2v) is 14.2. The van der Waals surface area contributed by atoms with Crippen molar-refractivity contribution >= 4 is 50.8 Å². The number of carbonyl (C=O) groups excluding carboxylic acids is 2. The lowest BCUT2D eigenvalue weighted by Gasteiger charge is -2.28. The molecule has 3 amide bonds. The molecule has 0 spiro atoms. The number of rotatable bonds is 7. The zero-order chi connectivity index (χ0) is 38.7. The van der Waals surface area contributed by atoms with Gasteiger partial charge in [0.05, 0.1) is 38.1 Å². The van der Waals surface area contributed by atoms with E-state index < -0.39 is 44.6 Å². The lowest BCUT2D eigenvalue weighted by molar-refractivity contribution is -0.140. The fourth-order valence-corrected chi connectivity index (χ4v) is 6.86. The summed E-state index contributed by atoms with van der Waals surface area (Å²) in [5, 5.41) is 0.605. The van der Waals surface area contributed by atoms with Gasteiger partial charge in [-0.05, 0) is 23.6 Å². The maximum absolute atomic E-state index is 14.5. The van der Waals surface area contributed by atoms with Crippen molar-refractivity contribution in [2.45, 2.75) is 38.0 Å². The molecule has 0 radical (unpaired) electrons. The van der Waals surface area contributed by atoms with E-state index in [1.165, 1.54) is 53.6 Å². The zero-order valence-corrected chi connectivity index (χ0v) is 29.8. The first-order valence-corrected chi connectivity index (χ1v) is 17.3. The minimum absolute atomic E-state index is 0.0101. The summed E-state index contributed by atoms with van der Waals surface area (Å²) in [6.45, 7) is 5.05. The largest absolute Gasteiger partial charge is 0.481 e. The Morgan fingerprint density at radius 2 is 1.89 bits per heavy atom. The highest BCUT2D eigenvalue weighted by atomic mass is 32.2. The Morgan fingerprint density at radius 1 is 1.19 bits per heavy atom. The van der Waals surface area contributed by atoms with Gasteiger partial charge in [0.25, 0.3) is 15.9 Å². The quantitative estimate of drug-likeness (QED) is 0.206. The molecule has 4 aromatic rings. The molecule has 0 saturated heterocycles. The molecule has 2 aliphatic heterocycles. The second kappa shape index (κ2) is 15.0. The average Bonchev–Trinajstić information content (AvgIpc) is 3.60. The lowest BCUT2D eigenvalue weighted by atomic mass is 9.92. The number of urea groups is 1. The van der Waals surface area contributed by atoms with Gasteiger partial charge >= 0.3 is 12.2 Å². The Balaban J connectivity index is 0.000000204. The van der Waals surface area contributed by atoms with Crippen LogP contribution < -0.4 is 34.0 Å². The maximum atomic E-state index is 14.5. The van der Waals surface area contributed by atoms with Crippen molar-refractivity contribution in [2.75, 3.05) is 37.6 Å². The van der Waals surface area contributed by atoms with Crippen molar-refractivity contribution in [3.05, 3.63) is 58.5 Å². The standard InChI is InChI=1S/C18H17FN4O2S.C13H12F3N5O5S/c1-4-5-22-13-7-12(11(19)6-14(13)25-9-16(22)24)20-17-23-10-18(2,3)8-15(23)21-26-17;1-25-8-6-9(26-2)19-11(18-8)20-12(22)21-27(23,24)10-7(13(14,15)16)4-3-5-17-10/h1,6-7H,5,8-10H2,2-3H3;3-6H,1-2H3,(H2,18,19,20,21,22)/b20-17-;. The molecule has 0 saturated carbocycles. The first-order chi connectivity index (χ1) is 24.9. The molecule has 3 aromatic heterocycles. The minimum atomic E-state index is -4.99. The van der Waals surface area contributed by atoms with E-state index in [1.807, 2.05) is 9.88 Å². The molecule has 0 aliphatic carbocycles. The molecule has 0 unspecified atom stereocenters. The smallest absolute Gasteiger partial charge is 0.419 e. The number of sulfonamides is 1. The molecule has 6 rings (SSSR count). The van der Waals surface area contributed by atoms with E-state index >= 15 is 0 Å². The fourth-order valence-electron chi connectivity index (χ4n) is 5.03. The highest BCUT2D eigenvalue weighted by molar-refractivity contribution is 7.90. The number of alkyl halides is 3. The summed E-state index contributed by atoms with van der Waals surface area (Å²) in [5.41, 5.74) is -0.845. The lowest BCUT2D eigenvalue weighted by Crippen LogP contribution is -2.39. The number of hydrogen-bond acceptors (Lipinski definition) is 13. The van der Waals surface area contributed by atoms with Gasteiger partial charge in [-0.1, -0.05) is 19.8 Å². The van der Waals surface area contributed by atoms with Crippen molar-refractivity contribution in [1.82, 2.24) is 28.6 Å². The van der Waals surface area contributed by atoms with Crippen LogP contribution in [0.2, 0.25) is 0 Å². The van der Waals surface area contributed by atoms with E-state index in [9.17, 15) is 35.6 Å². The Labute approximate surface area is 303 Å². The summed E-state index contributed by atoms with van der Waals surface area (Å²) in [7, 11) is -2.39. The monoisotopic (exact) mass is 779 g/mol. The summed E-state index contributed by atoms with van der Waals surface area (Å²) >= 11 is 1.24. The van der Waals surface area contributed by atoms with Crippen molar-refractivity contribution < 1.29 is 49.8 Å². The van der Waals surface area contributed by atoms with Crippen molar-refractivity contribution in [3.63, 3.8) is 0 Å². The minimum Gasteiger partial charge on any atom is -0.481 e. The molecular formula is C31H29F4N9O7S2. The number of halogens is 4. The van der Waals surface area contributed by atoms with Crippen molar-refractivity contribution in [1.29, 1.82) is 0 Å². The number of carbonyl (C=O) groups is 2. The van der Waals surface area contributed by atoms with E-state index in [0.29, 0.717) is 22.3 Å². The topological polar surface area (TPSA) is 192 Å². The van der Waals surface area contributed by atoms with Crippen LogP contribution in [0.4, 0.5) is 39.7 Å². The van der Waals surface area contributed by atoms with Crippen LogP contribution in [0.3, 0.4) is 0 Å². The SMILES string of the molecule is C#CCN1C(=O)COc2cc(F)c(/N=c3\snc4n3CC(C)(C)C4)cc21.COc1cc(OC)nc(NC(=O)NS(=O)(=O)c2ncccc2C(F)(F)F)n1. The third-order valence-corrected chi connectivity index (χ3v) is 9.38. The molecule has 22 heteroatoms. The number of nitrogens with zero attached hydrogens (tertiary/aromatic N) is 7. The molecule has 2 aliphatic rings. The summed E-state index contributed by atoms with van der Waals surface area (Å²) in [6.07, 6.45) is 2.07. The third-order valence-electron chi connectivity index (χ3n) is 7.32. The fraction of sp³-hybridized carbons (Fsp3) is 0.323. The number of nitrogens with one attached hydrogen (secondary N) is 2. The molecule has 53 heavy (non-hydrogen) atoms. The average molecular weight is 780 g/mol. The van der Waals surface area contributed by atoms with Crippen LogP contribution in [0.1, 0.15) is 25.2 Å². The number of pyridine rings is 1. The van der Waals surface area contributed by atoms with Crippen LogP contribution in [-0.4, -0.2) is 71.6 Å². The van der Waals surface area contributed by atoms with Gasteiger partial charge in [0, 0.05) is 36.8 Å². The van der Waals surface area contributed by atoms with Crippen molar-refractivity contribution in [2.24, 2.45) is 10.4 Å². The molecule has 0 atom stereocenters. The van der Waals surface area contributed by atoms with Crippen LogP contribution >= 0.6 is 11.5 Å². The number of aromatic nitrogens is 5. The molecule has 1 aromatic carbocycles. The normalized spacial score (nSPS) is 14.9. The number of ether oxygens (including phenoxy) is 3. The van der Waals surface area contributed by atoms with Gasteiger partial charge in [-0.2, -0.15) is 35.9 Å². The summed E-state index contributed by atoms with van der Waals surface area (Å²) < 4.78 is 101. The number of terminal acetylenes is 1. The Kier molecular flexibility index (Phi) is 10.9. The van der Waals surface area contributed by atoms with Gasteiger partial charge in [0.15, 0.2) is 17.5 Å². The number of anilines is 2. The van der Waals surface area contributed by atoms with E-state index in [2.05, 4.69) is 44.1 Å². The van der Waals surface area contributed by atoms with Crippen LogP contribution in [0.5, 0.6) is 17.5 Å². The van der Waals surface area contributed by atoms with E-state index in [0.717, 1.165) is 31.1 Å². The molecule has 280 valence electrons. The predicted molar refractivity (Wildman–Crippen MR) is 180 cm³/mol. The van der Waals surface area contributed by atoms with Gasteiger partial charge in [-0.25, -0.2) is 23.9 Å². The number of methoxy groups -OCH3 is 2. The van der Waals surface area contributed by atoms with Crippen LogP contribution in [0.15, 0.2) is 46.5 Å². The van der Waals surface area contributed by atoms with Crippen LogP contribution in [-0.2, 0) is 34.0 Å². The first kappa shape index (κ1) is 38.4. The van der Waals surface area contributed by atoms with Crippen LogP contribution in [0, 0.1) is 23.6 Å². The van der Waals surface area contributed by atoms with Gasteiger partial charge < -0.3 is 18.8 Å². The molecule has 2 N–H and O–H groups in total. The van der Waals surface area contributed by atoms with Crippen LogP contribution in [0.25, 0.3) is 0 Å². The molecular weight excluding hydrogens is 751 g/mol. The number of hydrogen-bond donors (Lipinski definition) is 2. The van der Waals surface area contributed by atoms with E-state index in [4.69, 9.17) is 20.6 Å². The first-order valence-electron chi connectivity index (χ1n) is 15.1. The Bertz CT molecular complexity index is 2270. The molecule has 0 fully saturated rings. The van der Waals surface area contributed by atoms with E-state index in [-0.39, 0.29) is 41.9 Å².